The largest absolute Gasteiger partial charge is 0.497 e. The molecule has 1 atom stereocenters. The number of anilines is 2. The maximum Gasteiger partial charge on any atom is 0.247 e. The first-order chi connectivity index (χ1) is 9.52. The molecule has 1 aliphatic rings. The van der Waals surface area contributed by atoms with Crippen molar-refractivity contribution < 1.29 is 14.3 Å². The van der Waals surface area contributed by atoms with Gasteiger partial charge in [-0.25, -0.2) is 0 Å². The van der Waals surface area contributed by atoms with Crippen LogP contribution in [0.4, 0.5) is 11.4 Å². The van der Waals surface area contributed by atoms with E-state index in [0.29, 0.717) is 30.1 Å². The van der Waals surface area contributed by atoms with Gasteiger partial charge in [-0.05, 0) is 25.0 Å². The summed E-state index contributed by atoms with van der Waals surface area (Å²) in [5.41, 5.74) is 6.80. The molecule has 0 spiro atoms. The van der Waals surface area contributed by atoms with Gasteiger partial charge in [0.1, 0.15) is 11.8 Å². The third-order valence-corrected chi connectivity index (χ3v) is 3.48. The quantitative estimate of drug-likeness (QED) is 0.814. The Morgan fingerprint density at radius 2 is 2.20 bits per heavy atom. The highest BCUT2D eigenvalue weighted by Crippen LogP contribution is 2.26. The van der Waals surface area contributed by atoms with Crippen molar-refractivity contribution in [2.75, 3.05) is 24.7 Å². The Labute approximate surface area is 117 Å². The standard InChI is InChI=1S/C14H19N3O3/c1-9(18)17-7-3-4-13(17)14(19)16-12-8-10(20-2)5-6-11(12)15/h5-6,8,13H,3-4,7,15H2,1-2H3,(H,16,19). The molecule has 1 aromatic carbocycles. The van der Waals surface area contributed by atoms with Crippen molar-refractivity contribution in [2.45, 2.75) is 25.8 Å². The Morgan fingerprint density at radius 3 is 2.85 bits per heavy atom. The highest BCUT2D eigenvalue weighted by molar-refractivity contribution is 5.99. The van der Waals surface area contributed by atoms with Crippen LogP contribution in [0.25, 0.3) is 0 Å². The molecule has 6 heteroatoms. The van der Waals surface area contributed by atoms with Crippen LogP contribution in [0.5, 0.6) is 5.75 Å². The molecule has 108 valence electrons. The highest BCUT2D eigenvalue weighted by atomic mass is 16.5. The molecular formula is C14H19N3O3. The van der Waals surface area contributed by atoms with Gasteiger partial charge < -0.3 is 20.7 Å². The molecule has 1 heterocycles. The summed E-state index contributed by atoms with van der Waals surface area (Å²) in [5.74, 6) is 0.322. The van der Waals surface area contributed by atoms with Gasteiger partial charge in [-0.15, -0.1) is 0 Å². The molecular weight excluding hydrogens is 258 g/mol. The lowest BCUT2D eigenvalue weighted by molar-refractivity contribution is -0.134. The summed E-state index contributed by atoms with van der Waals surface area (Å²) >= 11 is 0. The van der Waals surface area contributed by atoms with Crippen molar-refractivity contribution in [3.63, 3.8) is 0 Å². The van der Waals surface area contributed by atoms with Gasteiger partial charge in [0.15, 0.2) is 0 Å². The van der Waals surface area contributed by atoms with Crippen LogP contribution in [-0.2, 0) is 9.59 Å². The summed E-state index contributed by atoms with van der Waals surface area (Å²) in [6, 6.07) is 4.65. The van der Waals surface area contributed by atoms with E-state index in [9.17, 15) is 9.59 Å². The van der Waals surface area contributed by atoms with Gasteiger partial charge in [0.25, 0.3) is 0 Å². The van der Waals surface area contributed by atoms with Gasteiger partial charge >= 0.3 is 0 Å². The number of benzene rings is 1. The molecule has 0 aliphatic carbocycles. The van der Waals surface area contributed by atoms with E-state index in [1.54, 1.807) is 30.2 Å². The van der Waals surface area contributed by atoms with E-state index in [-0.39, 0.29) is 11.8 Å². The Morgan fingerprint density at radius 1 is 1.45 bits per heavy atom. The van der Waals surface area contributed by atoms with Crippen LogP contribution in [0.15, 0.2) is 18.2 Å². The van der Waals surface area contributed by atoms with Gasteiger partial charge in [-0.1, -0.05) is 0 Å². The zero-order valence-electron chi connectivity index (χ0n) is 11.7. The summed E-state index contributed by atoms with van der Waals surface area (Å²) < 4.78 is 5.10. The summed E-state index contributed by atoms with van der Waals surface area (Å²) in [7, 11) is 1.55. The predicted molar refractivity (Wildman–Crippen MR) is 76.4 cm³/mol. The first kappa shape index (κ1) is 14.2. The van der Waals surface area contributed by atoms with Gasteiger partial charge in [0, 0.05) is 19.5 Å². The number of nitrogens with one attached hydrogen (secondary N) is 1. The van der Waals surface area contributed by atoms with E-state index in [2.05, 4.69) is 5.32 Å². The minimum Gasteiger partial charge on any atom is -0.497 e. The number of methoxy groups -OCH3 is 1. The molecule has 1 unspecified atom stereocenters. The average molecular weight is 277 g/mol. The second-order valence-corrected chi connectivity index (χ2v) is 4.81. The van der Waals surface area contributed by atoms with Crippen LogP contribution in [0.3, 0.4) is 0 Å². The third-order valence-electron chi connectivity index (χ3n) is 3.48. The van der Waals surface area contributed by atoms with Crippen molar-refractivity contribution in [1.29, 1.82) is 0 Å². The number of nitrogens with zero attached hydrogens (tertiary/aromatic N) is 1. The maximum atomic E-state index is 12.3. The Bertz CT molecular complexity index is 530. The SMILES string of the molecule is COc1ccc(N)c(NC(=O)C2CCCN2C(C)=O)c1. The normalized spacial score (nSPS) is 17.9. The lowest BCUT2D eigenvalue weighted by Crippen LogP contribution is -2.42. The van der Waals surface area contributed by atoms with Crippen LogP contribution in [-0.4, -0.2) is 36.4 Å². The molecule has 2 amide bonds. The molecule has 0 radical (unpaired) electrons. The van der Waals surface area contributed by atoms with Crippen molar-refractivity contribution in [3.8, 4) is 5.75 Å². The van der Waals surface area contributed by atoms with Crippen LogP contribution in [0.1, 0.15) is 19.8 Å². The number of carbonyl (C=O) groups is 2. The predicted octanol–water partition coefficient (Wildman–Crippen LogP) is 1.23. The van der Waals surface area contributed by atoms with Crippen molar-refractivity contribution in [3.05, 3.63) is 18.2 Å². The number of likely N-dealkylation sites (tertiary alicyclic amines) is 1. The topological polar surface area (TPSA) is 84.7 Å². The molecule has 0 saturated carbocycles. The van der Waals surface area contributed by atoms with E-state index in [1.165, 1.54) is 6.92 Å². The molecule has 1 fully saturated rings. The number of amides is 2. The number of nitrogen functional groups attached to an aromatic ring is 1. The van der Waals surface area contributed by atoms with Crippen LogP contribution in [0.2, 0.25) is 0 Å². The number of carbonyl (C=O) groups excluding carboxylic acids is 2. The Kier molecular flexibility index (Phi) is 4.12. The fraction of sp³-hybridized carbons (Fsp3) is 0.429. The van der Waals surface area contributed by atoms with E-state index >= 15 is 0 Å². The van der Waals surface area contributed by atoms with Crippen LogP contribution >= 0.6 is 0 Å². The van der Waals surface area contributed by atoms with Crippen molar-refractivity contribution in [2.24, 2.45) is 0 Å². The number of nitrogens with two attached hydrogens (primary N) is 1. The molecule has 1 saturated heterocycles. The van der Waals surface area contributed by atoms with Crippen molar-refractivity contribution >= 4 is 23.2 Å². The van der Waals surface area contributed by atoms with Crippen LogP contribution in [0, 0.1) is 0 Å². The second kappa shape index (κ2) is 5.81. The Hall–Kier alpha value is -2.24. The monoisotopic (exact) mass is 277 g/mol. The molecule has 6 nitrogen and oxygen atoms in total. The maximum absolute atomic E-state index is 12.3. The summed E-state index contributed by atoms with van der Waals surface area (Å²) in [5, 5.41) is 2.77. The minimum absolute atomic E-state index is 0.0822. The fourth-order valence-corrected chi connectivity index (χ4v) is 2.40. The van der Waals surface area contributed by atoms with E-state index in [4.69, 9.17) is 10.5 Å². The third kappa shape index (κ3) is 2.84. The molecule has 1 aromatic rings. The smallest absolute Gasteiger partial charge is 0.247 e. The number of hydrogen-bond acceptors (Lipinski definition) is 4. The second-order valence-electron chi connectivity index (χ2n) is 4.81. The summed E-state index contributed by atoms with van der Waals surface area (Å²) in [4.78, 5) is 25.4. The number of hydrogen-bond donors (Lipinski definition) is 2. The van der Waals surface area contributed by atoms with E-state index in [0.717, 1.165) is 6.42 Å². The summed E-state index contributed by atoms with van der Waals surface area (Å²) in [6.07, 6.45) is 1.51. The highest BCUT2D eigenvalue weighted by Gasteiger charge is 2.32. The summed E-state index contributed by atoms with van der Waals surface area (Å²) in [6.45, 7) is 2.10. The molecule has 0 bridgehead atoms. The number of ether oxygens (including phenoxy) is 1. The lowest BCUT2D eigenvalue weighted by atomic mass is 10.2. The Balaban J connectivity index is 2.13. The number of rotatable bonds is 3. The van der Waals surface area contributed by atoms with Crippen molar-refractivity contribution in [1.82, 2.24) is 4.90 Å². The van der Waals surface area contributed by atoms with E-state index < -0.39 is 6.04 Å². The zero-order chi connectivity index (χ0) is 14.7. The average Bonchev–Trinajstić information content (AvgIpc) is 2.90. The van der Waals surface area contributed by atoms with Gasteiger partial charge in [-0.2, -0.15) is 0 Å². The molecule has 20 heavy (non-hydrogen) atoms. The van der Waals surface area contributed by atoms with Crippen LogP contribution < -0.4 is 15.8 Å². The van der Waals surface area contributed by atoms with E-state index in [1.807, 2.05) is 0 Å². The zero-order valence-corrected chi connectivity index (χ0v) is 11.7. The first-order valence-electron chi connectivity index (χ1n) is 6.54. The van der Waals surface area contributed by atoms with Gasteiger partial charge in [0.2, 0.25) is 11.8 Å². The van der Waals surface area contributed by atoms with Gasteiger partial charge in [-0.3, -0.25) is 9.59 Å². The molecule has 2 rings (SSSR count). The first-order valence-corrected chi connectivity index (χ1v) is 6.54. The fourth-order valence-electron chi connectivity index (χ4n) is 2.40. The molecule has 1 aliphatic heterocycles. The van der Waals surface area contributed by atoms with Gasteiger partial charge in [0.05, 0.1) is 18.5 Å². The minimum atomic E-state index is -0.418. The lowest BCUT2D eigenvalue weighted by Gasteiger charge is -2.22. The molecule has 0 aromatic heterocycles. The molecule has 3 N–H and O–H groups in total.